The van der Waals surface area contributed by atoms with Crippen LogP contribution in [0.1, 0.15) is 19.8 Å². The Kier molecular flexibility index (Phi) is 5.20. The molecule has 0 spiro atoms. The van der Waals surface area contributed by atoms with Crippen molar-refractivity contribution in [3.63, 3.8) is 0 Å². The predicted octanol–water partition coefficient (Wildman–Crippen LogP) is 3.08. The van der Waals surface area contributed by atoms with E-state index in [1.54, 1.807) is 31.2 Å². The van der Waals surface area contributed by atoms with Crippen LogP contribution in [0.4, 0.5) is 21.9 Å². The number of anilines is 3. The number of rotatable bonds is 5. The Morgan fingerprint density at radius 2 is 1.62 bits per heavy atom. The second-order valence-corrected chi connectivity index (χ2v) is 7.38. The lowest BCUT2D eigenvalue weighted by atomic mass is 10.2. The maximum atomic E-state index is 12.8. The molecule has 2 aliphatic rings. The Bertz CT molecular complexity index is 907. The van der Waals surface area contributed by atoms with Gasteiger partial charge in [-0.2, -0.15) is 0 Å². The number of hydrogen-bond donors (Lipinski definition) is 1. The minimum atomic E-state index is -0.641. The summed E-state index contributed by atoms with van der Waals surface area (Å²) in [5.74, 6) is -0.777. The van der Waals surface area contributed by atoms with E-state index in [2.05, 4.69) is 10.2 Å². The topological polar surface area (TPSA) is 73.0 Å². The highest BCUT2D eigenvalue weighted by molar-refractivity contribution is 6.16. The maximum Gasteiger partial charge on any atom is 0.332 e. The molecule has 0 radical (unpaired) electrons. The van der Waals surface area contributed by atoms with Crippen molar-refractivity contribution >= 4 is 34.9 Å². The number of hydrogen-bond acceptors (Lipinski definition) is 4. The second-order valence-electron chi connectivity index (χ2n) is 7.38. The quantitative estimate of drug-likeness (QED) is 0.794. The van der Waals surface area contributed by atoms with E-state index in [0.717, 1.165) is 23.7 Å². The highest BCUT2D eigenvalue weighted by Crippen LogP contribution is 2.26. The zero-order chi connectivity index (χ0) is 20.4. The molecule has 7 nitrogen and oxygen atoms in total. The van der Waals surface area contributed by atoms with Gasteiger partial charge in [0.1, 0.15) is 12.6 Å². The molecule has 4 rings (SSSR count). The molecule has 2 saturated heterocycles. The highest BCUT2D eigenvalue weighted by Gasteiger charge is 2.43. The minimum absolute atomic E-state index is 0.306. The van der Waals surface area contributed by atoms with Gasteiger partial charge in [0.15, 0.2) is 0 Å². The molecule has 0 aliphatic carbocycles. The second kappa shape index (κ2) is 7.95. The molecule has 0 bridgehead atoms. The van der Waals surface area contributed by atoms with Gasteiger partial charge in [-0.25, -0.2) is 4.79 Å². The normalized spacial score (nSPS) is 19.2. The standard InChI is InChI=1S/C22H24N4O3/c1-16-21(28)25(22(29)26(16)19-7-3-2-4-8-19)15-20(27)23-17-9-11-18(12-10-17)24-13-5-6-14-24/h2-4,7-12,16H,5-6,13-15H2,1H3,(H,23,27)/t16-/m0/s1. The van der Waals surface area contributed by atoms with E-state index in [1.807, 2.05) is 30.3 Å². The molecule has 4 amide bonds. The highest BCUT2D eigenvalue weighted by atomic mass is 16.2. The van der Waals surface area contributed by atoms with Crippen LogP contribution in [0, 0.1) is 0 Å². The molecule has 0 aromatic heterocycles. The van der Waals surface area contributed by atoms with Gasteiger partial charge >= 0.3 is 6.03 Å². The Labute approximate surface area is 169 Å². The molecule has 2 heterocycles. The number of carbonyl (C=O) groups excluding carboxylic acids is 3. The van der Waals surface area contributed by atoms with E-state index in [-0.39, 0.29) is 12.5 Å². The van der Waals surface area contributed by atoms with Gasteiger partial charge in [0, 0.05) is 30.2 Å². The summed E-state index contributed by atoms with van der Waals surface area (Å²) in [7, 11) is 0. The molecule has 29 heavy (non-hydrogen) atoms. The number of carbonyl (C=O) groups is 3. The van der Waals surface area contributed by atoms with Crippen LogP contribution in [-0.2, 0) is 9.59 Å². The number of urea groups is 1. The number of nitrogens with zero attached hydrogens (tertiary/aromatic N) is 3. The molecule has 1 N–H and O–H groups in total. The molecule has 2 aliphatic heterocycles. The van der Waals surface area contributed by atoms with Crippen LogP contribution in [0.2, 0.25) is 0 Å². The third kappa shape index (κ3) is 3.81. The van der Waals surface area contributed by atoms with E-state index in [1.165, 1.54) is 17.7 Å². The SMILES string of the molecule is C[C@H]1C(=O)N(CC(=O)Nc2ccc(N3CCCC3)cc2)C(=O)N1c1ccccc1. The zero-order valence-electron chi connectivity index (χ0n) is 16.4. The Morgan fingerprint density at radius 3 is 2.28 bits per heavy atom. The van der Waals surface area contributed by atoms with Gasteiger partial charge in [0.25, 0.3) is 5.91 Å². The van der Waals surface area contributed by atoms with Crippen molar-refractivity contribution in [3.05, 3.63) is 54.6 Å². The van der Waals surface area contributed by atoms with E-state index in [0.29, 0.717) is 11.4 Å². The Morgan fingerprint density at radius 1 is 0.966 bits per heavy atom. The largest absolute Gasteiger partial charge is 0.372 e. The van der Waals surface area contributed by atoms with Crippen LogP contribution in [0.3, 0.4) is 0 Å². The summed E-state index contributed by atoms with van der Waals surface area (Å²) in [5, 5.41) is 2.78. The van der Waals surface area contributed by atoms with Gasteiger partial charge in [-0.05, 0) is 56.2 Å². The third-order valence-corrected chi connectivity index (χ3v) is 5.41. The first-order chi connectivity index (χ1) is 14.0. The number of imide groups is 1. The van der Waals surface area contributed by atoms with Crippen LogP contribution in [0.15, 0.2) is 54.6 Å². The van der Waals surface area contributed by atoms with Crippen molar-refractivity contribution in [2.75, 3.05) is 34.8 Å². The Hall–Kier alpha value is -3.35. The number of amides is 4. The van der Waals surface area contributed by atoms with Crippen LogP contribution >= 0.6 is 0 Å². The van der Waals surface area contributed by atoms with Gasteiger partial charge in [-0.3, -0.25) is 19.4 Å². The smallest absolute Gasteiger partial charge is 0.332 e. The molecular weight excluding hydrogens is 368 g/mol. The minimum Gasteiger partial charge on any atom is -0.372 e. The molecule has 2 aromatic carbocycles. The molecule has 0 saturated carbocycles. The van der Waals surface area contributed by atoms with Gasteiger partial charge in [0.05, 0.1) is 0 Å². The first kappa shape index (κ1) is 19.0. The fourth-order valence-corrected chi connectivity index (χ4v) is 3.87. The summed E-state index contributed by atoms with van der Waals surface area (Å²) in [6.07, 6.45) is 2.41. The monoisotopic (exact) mass is 392 g/mol. The van der Waals surface area contributed by atoms with Crippen molar-refractivity contribution < 1.29 is 14.4 Å². The molecule has 1 atom stereocenters. The van der Waals surface area contributed by atoms with Crippen molar-refractivity contribution in [1.29, 1.82) is 0 Å². The van der Waals surface area contributed by atoms with Gasteiger partial charge < -0.3 is 10.2 Å². The Balaban J connectivity index is 1.40. The van der Waals surface area contributed by atoms with E-state index < -0.39 is 18.0 Å². The lowest BCUT2D eigenvalue weighted by Crippen LogP contribution is -2.39. The average Bonchev–Trinajstić information content (AvgIpc) is 3.33. The van der Waals surface area contributed by atoms with Crippen LogP contribution in [-0.4, -0.2) is 48.4 Å². The van der Waals surface area contributed by atoms with E-state index in [9.17, 15) is 14.4 Å². The van der Waals surface area contributed by atoms with Crippen LogP contribution in [0.5, 0.6) is 0 Å². The summed E-state index contributed by atoms with van der Waals surface area (Å²) < 4.78 is 0. The summed E-state index contributed by atoms with van der Waals surface area (Å²) in [4.78, 5) is 42.5. The first-order valence-electron chi connectivity index (χ1n) is 9.89. The zero-order valence-corrected chi connectivity index (χ0v) is 16.4. The fraction of sp³-hybridized carbons (Fsp3) is 0.318. The summed E-state index contributed by atoms with van der Waals surface area (Å²) >= 11 is 0. The molecule has 150 valence electrons. The number of nitrogens with one attached hydrogen (secondary N) is 1. The third-order valence-electron chi connectivity index (χ3n) is 5.41. The molecular formula is C22H24N4O3. The van der Waals surface area contributed by atoms with Crippen LogP contribution in [0.25, 0.3) is 0 Å². The molecule has 0 unspecified atom stereocenters. The lowest BCUT2D eigenvalue weighted by molar-refractivity contribution is -0.130. The lowest BCUT2D eigenvalue weighted by Gasteiger charge is -2.19. The van der Waals surface area contributed by atoms with Crippen molar-refractivity contribution in [3.8, 4) is 0 Å². The van der Waals surface area contributed by atoms with Crippen molar-refractivity contribution in [2.24, 2.45) is 0 Å². The average molecular weight is 392 g/mol. The fourth-order valence-electron chi connectivity index (χ4n) is 3.87. The number of benzene rings is 2. The van der Waals surface area contributed by atoms with Crippen LogP contribution < -0.4 is 15.1 Å². The summed E-state index contributed by atoms with van der Waals surface area (Å²) in [6.45, 7) is 3.48. The predicted molar refractivity (Wildman–Crippen MR) is 112 cm³/mol. The van der Waals surface area contributed by atoms with Crippen molar-refractivity contribution in [2.45, 2.75) is 25.8 Å². The molecule has 2 aromatic rings. The van der Waals surface area contributed by atoms with E-state index >= 15 is 0 Å². The van der Waals surface area contributed by atoms with Gasteiger partial charge in [0.2, 0.25) is 5.91 Å². The van der Waals surface area contributed by atoms with Gasteiger partial charge in [-0.15, -0.1) is 0 Å². The van der Waals surface area contributed by atoms with Crippen molar-refractivity contribution in [1.82, 2.24) is 4.90 Å². The molecule has 2 fully saturated rings. The summed E-state index contributed by atoms with van der Waals surface area (Å²) in [6, 6.07) is 15.5. The summed E-state index contributed by atoms with van der Waals surface area (Å²) in [5.41, 5.74) is 2.42. The first-order valence-corrected chi connectivity index (χ1v) is 9.89. The molecule has 7 heteroatoms. The van der Waals surface area contributed by atoms with E-state index in [4.69, 9.17) is 0 Å². The van der Waals surface area contributed by atoms with Gasteiger partial charge in [-0.1, -0.05) is 18.2 Å². The maximum absolute atomic E-state index is 12.8. The number of para-hydroxylation sites is 1.